The summed E-state index contributed by atoms with van der Waals surface area (Å²) in [6.45, 7) is 0. The number of carbonyl (C=O) groups excluding carboxylic acids is 1. The number of hydrogen-bond donors (Lipinski definition) is 2. The van der Waals surface area contributed by atoms with Crippen LogP contribution in [0.25, 0.3) is 0 Å². The van der Waals surface area contributed by atoms with Crippen molar-refractivity contribution in [1.29, 1.82) is 0 Å². The van der Waals surface area contributed by atoms with Gasteiger partial charge in [0.2, 0.25) is 19.5 Å². The number of carbonyl (C=O) groups is 1. The van der Waals surface area contributed by atoms with E-state index in [1.807, 2.05) is 4.72 Å². The molecule has 0 aliphatic heterocycles. The van der Waals surface area contributed by atoms with Crippen LogP contribution in [0.2, 0.25) is 4.47 Å². The molecule has 0 aliphatic carbocycles. The molecule has 1 aromatic carbocycles. The molecule has 2 N–H and O–H groups in total. The molecule has 0 spiro atoms. The van der Waals surface area contributed by atoms with E-state index in [9.17, 15) is 17.6 Å². The Labute approximate surface area is 128 Å². The number of halogens is 2. The highest BCUT2D eigenvalue weighted by Gasteiger charge is 2.14. The molecule has 1 aromatic heterocycles. The molecule has 0 saturated heterocycles. The van der Waals surface area contributed by atoms with Crippen molar-refractivity contribution < 1.29 is 17.6 Å². The number of aromatic nitrogens is 2. The highest BCUT2D eigenvalue weighted by molar-refractivity contribution is 7.92. The van der Waals surface area contributed by atoms with E-state index >= 15 is 0 Å². The second-order valence-corrected chi connectivity index (χ2v) is 7.19. The van der Waals surface area contributed by atoms with Gasteiger partial charge in [-0.05, 0) is 29.8 Å². The number of benzene rings is 1. The van der Waals surface area contributed by atoms with E-state index in [-0.39, 0.29) is 20.8 Å². The van der Waals surface area contributed by atoms with Gasteiger partial charge in [-0.2, -0.15) is 0 Å². The number of nitrogens with zero attached hydrogens (tertiary/aromatic N) is 2. The monoisotopic (exact) mass is 350 g/mol. The number of nitrogens with one attached hydrogen (secondary N) is 2. The smallest absolute Gasteiger partial charge is 0.286 e. The standard InChI is InChI=1S/C10H8ClFN4O3S2/c1-21(18,19)16-7-4-5(2-3-6(7)12)13-8(17)9-14-15-10(11)20-9/h2-4,16H,1H3,(H,13,17). The molecule has 0 bridgehead atoms. The predicted molar refractivity (Wildman–Crippen MR) is 77.7 cm³/mol. The molecule has 11 heteroatoms. The Balaban J connectivity index is 2.21. The minimum Gasteiger partial charge on any atom is -0.320 e. The van der Waals surface area contributed by atoms with E-state index in [1.165, 1.54) is 6.07 Å². The van der Waals surface area contributed by atoms with Gasteiger partial charge in [0.05, 0.1) is 11.9 Å². The van der Waals surface area contributed by atoms with Crippen LogP contribution in [0.1, 0.15) is 9.80 Å². The lowest BCUT2D eigenvalue weighted by molar-refractivity contribution is 0.102. The summed E-state index contributed by atoms with van der Waals surface area (Å²) in [7, 11) is -3.63. The lowest BCUT2D eigenvalue weighted by atomic mass is 10.2. The molecule has 1 amide bonds. The first kappa shape index (κ1) is 15.6. The summed E-state index contributed by atoms with van der Waals surface area (Å²) in [5, 5.41) is 9.49. The molecule has 1 heterocycles. The maximum Gasteiger partial charge on any atom is 0.286 e. The summed E-state index contributed by atoms with van der Waals surface area (Å²) in [6.07, 6.45) is 0.890. The van der Waals surface area contributed by atoms with Gasteiger partial charge < -0.3 is 5.32 Å². The Hall–Kier alpha value is -1.78. The van der Waals surface area contributed by atoms with Crippen LogP contribution in [-0.2, 0) is 10.0 Å². The number of sulfonamides is 1. The summed E-state index contributed by atoms with van der Waals surface area (Å²) >= 11 is 6.44. The third-order valence-corrected chi connectivity index (χ3v) is 3.72. The lowest BCUT2D eigenvalue weighted by Gasteiger charge is -2.08. The summed E-state index contributed by atoms with van der Waals surface area (Å²) < 4.78 is 37.8. The maximum atomic E-state index is 13.5. The topological polar surface area (TPSA) is 101 Å². The van der Waals surface area contributed by atoms with Gasteiger partial charge in [0.25, 0.3) is 5.91 Å². The van der Waals surface area contributed by atoms with Crippen molar-refractivity contribution in [3.8, 4) is 0 Å². The first-order valence-corrected chi connectivity index (χ1v) is 8.41. The molecule has 0 fully saturated rings. The Morgan fingerprint density at radius 1 is 1.38 bits per heavy atom. The first-order chi connectivity index (χ1) is 9.74. The Kier molecular flexibility index (Phi) is 4.40. The van der Waals surface area contributed by atoms with Gasteiger partial charge in [0.1, 0.15) is 5.82 Å². The van der Waals surface area contributed by atoms with Gasteiger partial charge in [0.15, 0.2) is 0 Å². The van der Waals surface area contributed by atoms with E-state index in [2.05, 4.69) is 15.5 Å². The van der Waals surface area contributed by atoms with Crippen LogP contribution in [0.15, 0.2) is 18.2 Å². The summed E-state index contributed by atoms with van der Waals surface area (Å²) in [5.41, 5.74) is -0.0792. The second kappa shape index (κ2) is 5.92. The average molecular weight is 351 g/mol. The van der Waals surface area contributed by atoms with E-state index in [0.717, 1.165) is 29.7 Å². The molecule has 0 saturated carbocycles. The van der Waals surface area contributed by atoms with Crippen molar-refractivity contribution in [1.82, 2.24) is 10.2 Å². The molecule has 7 nitrogen and oxygen atoms in total. The largest absolute Gasteiger partial charge is 0.320 e. The highest BCUT2D eigenvalue weighted by atomic mass is 35.5. The molecule has 0 atom stereocenters. The van der Waals surface area contributed by atoms with Crippen LogP contribution in [-0.4, -0.2) is 30.8 Å². The van der Waals surface area contributed by atoms with Crippen LogP contribution in [0.5, 0.6) is 0 Å². The minimum absolute atomic E-state index is 0.0296. The van der Waals surface area contributed by atoms with Crippen molar-refractivity contribution in [2.45, 2.75) is 0 Å². The zero-order chi connectivity index (χ0) is 15.6. The van der Waals surface area contributed by atoms with E-state index in [0.29, 0.717) is 0 Å². The van der Waals surface area contributed by atoms with Gasteiger partial charge >= 0.3 is 0 Å². The van der Waals surface area contributed by atoms with Gasteiger partial charge in [-0.25, -0.2) is 12.8 Å². The van der Waals surface area contributed by atoms with Crippen LogP contribution < -0.4 is 10.0 Å². The van der Waals surface area contributed by atoms with Gasteiger partial charge in [-0.1, -0.05) is 11.3 Å². The van der Waals surface area contributed by atoms with E-state index in [4.69, 9.17) is 11.6 Å². The molecule has 2 rings (SSSR count). The van der Waals surface area contributed by atoms with Crippen LogP contribution in [0.4, 0.5) is 15.8 Å². The fourth-order valence-corrected chi connectivity index (χ4v) is 2.64. The number of hydrogen-bond acceptors (Lipinski definition) is 6. The third kappa shape index (κ3) is 4.34. The van der Waals surface area contributed by atoms with Crippen molar-refractivity contribution in [2.24, 2.45) is 0 Å². The molecule has 0 unspecified atom stereocenters. The van der Waals surface area contributed by atoms with Crippen molar-refractivity contribution in [2.75, 3.05) is 16.3 Å². The molecule has 0 radical (unpaired) electrons. The van der Waals surface area contributed by atoms with Crippen molar-refractivity contribution in [3.05, 3.63) is 33.5 Å². The van der Waals surface area contributed by atoms with E-state index in [1.54, 1.807) is 0 Å². The third-order valence-electron chi connectivity index (χ3n) is 2.11. The maximum absolute atomic E-state index is 13.5. The molecular weight excluding hydrogens is 343 g/mol. The van der Waals surface area contributed by atoms with E-state index < -0.39 is 21.7 Å². The predicted octanol–water partition coefficient (Wildman–Crippen LogP) is 1.95. The van der Waals surface area contributed by atoms with Crippen LogP contribution in [0.3, 0.4) is 0 Å². The Morgan fingerprint density at radius 3 is 2.67 bits per heavy atom. The average Bonchev–Trinajstić information content (AvgIpc) is 2.78. The number of amides is 1. The zero-order valence-electron chi connectivity index (χ0n) is 10.4. The SMILES string of the molecule is CS(=O)(=O)Nc1cc(NC(=O)c2nnc(Cl)s2)ccc1F. The zero-order valence-corrected chi connectivity index (χ0v) is 12.8. The van der Waals surface area contributed by atoms with Crippen LogP contribution >= 0.6 is 22.9 Å². The Bertz CT molecular complexity index is 793. The van der Waals surface area contributed by atoms with Gasteiger partial charge in [-0.15, -0.1) is 10.2 Å². The van der Waals surface area contributed by atoms with Crippen molar-refractivity contribution in [3.63, 3.8) is 0 Å². The normalized spacial score (nSPS) is 11.2. The summed E-state index contributed by atoms with van der Waals surface area (Å²) in [5.74, 6) is -1.35. The van der Waals surface area contributed by atoms with Crippen molar-refractivity contribution >= 4 is 50.2 Å². The number of anilines is 2. The minimum atomic E-state index is -3.63. The van der Waals surface area contributed by atoms with Gasteiger partial charge in [-0.3, -0.25) is 9.52 Å². The molecule has 2 aromatic rings. The highest BCUT2D eigenvalue weighted by Crippen LogP contribution is 2.22. The molecule has 112 valence electrons. The fourth-order valence-electron chi connectivity index (χ4n) is 1.36. The number of rotatable bonds is 4. The molecule has 21 heavy (non-hydrogen) atoms. The summed E-state index contributed by atoms with van der Waals surface area (Å²) in [6, 6.07) is 3.45. The fraction of sp³-hybridized carbons (Fsp3) is 0.100. The van der Waals surface area contributed by atoms with Crippen LogP contribution in [0, 0.1) is 5.82 Å². The first-order valence-electron chi connectivity index (χ1n) is 5.32. The van der Waals surface area contributed by atoms with Gasteiger partial charge in [0, 0.05) is 5.69 Å². The Morgan fingerprint density at radius 2 is 2.10 bits per heavy atom. The quantitative estimate of drug-likeness (QED) is 0.877. The summed E-state index contributed by atoms with van der Waals surface area (Å²) in [4.78, 5) is 11.8. The lowest BCUT2D eigenvalue weighted by Crippen LogP contribution is -2.14. The second-order valence-electron chi connectivity index (χ2n) is 3.88. The molecular formula is C10H8ClFN4O3S2. The molecule has 0 aliphatic rings.